The van der Waals surface area contributed by atoms with Crippen LogP contribution in [0.3, 0.4) is 0 Å². The minimum Gasteiger partial charge on any atom is -0.386 e. The number of halogens is 1. The molecule has 3 rings (SSSR count). The number of likely N-dealkylation sites (tertiary alicyclic amines) is 1. The average Bonchev–Trinajstić information content (AvgIpc) is 3.01. The summed E-state index contributed by atoms with van der Waals surface area (Å²) in [5.74, 6) is 0.466. The van der Waals surface area contributed by atoms with E-state index in [0.29, 0.717) is 31.8 Å². The summed E-state index contributed by atoms with van der Waals surface area (Å²) in [7, 11) is 0. The number of amidine groups is 1. The van der Waals surface area contributed by atoms with Crippen molar-refractivity contribution in [2.75, 3.05) is 0 Å². The normalized spacial score (nSPS) is 16.9. The second-order valence-corrected chi connectivity index (χ2v) is 6.23. The van der Waals surface area contributed by atoms with Gasteiger partial charge in [-0.25, -0.2) is 0 Å². The summed E-state index contributed by atoms with van der Waals surface area (Å²) in [6.07, 6.45) is 1.06. The van der Waals surface area contributed by atoms with Gasteiger partial charge in [-0.2, -0.15) is 0 Å². The van der Waals surface area contributed by atoms with Gasteiger partial charge in [-0.1, -0.05) is 42.5 Å². The Bertz CT molecular complexity index is 825. The van der Waals surface area contributed by atoms with Crippen LogP contribution in [0.4, 0.5) is 5.69 Å². The molecule has 2 aromatic rings. The fourth-order valence-electron chi connectivity index (χ4n) is 3.03. The molecule has 142 valence electrons. The lowest BCUT2D eigenvalue weighted by atomic mass is 10.1. The van der Waals surface area contributed by atoms with Crippen molar-refractivity contribution in [1.29, 1.82) is 0 Å². The molecule has 1 aliphatic heterocycles. The molecule has 7 nitrogen and oxygen atoms in total. The van der Waals surface area contributed by atoms with Crippen LogP contribution in [0.1, 0.15) is 24.0 Å². The van der Waals surface area contributed by atoms with Gasteiger partial charge in [-0.15, -0.1) is 12.4 Å². The number of nitrogens with zero attached hydrogens (tertiary/aromatic N) is 3. The molecule has 0 unspecified atom stereocenters. The van der Waals surface area contributed by atoms with E-state index in [1.165, 1.54) is 12.1 Å². The van der Waals surface area contributed by atoms with Gasteiger partial charge in [0, 0.05) is 25.1 Å². The molecule has 1 atom stereocenters. The summed E-state index contributed by atoms with van der Waals surface area (Å²) in [5.41, 5.74) is 8.08. The van der Waals surface area contributed by atoms with Crippen LogP contribution < -0.4 is 5.73 Å². The number of carbonyl (C=O) groups excluding carboxylic acids is 1. The highest BCUT2D eigenvalue weighted by molar-refractivity contribution is 5.93. The maximum atomic E-state index is 12.3. The van der Waals surface area contributed by atoms with Gasteiger partial charge >= 0.3 is 0 Å². The van der Waals surface area contributed by atoms with E-state index in [9.17, 15) is 14.9 Å². The van der Waals surface area contributed by atoms with Crippen LogP contribution in [0, 0.1) is 10.1 Å². The Hall–Kier alpha value is -2.93. The molecule has 2 N–H and O–H groups in total. The first-order valence-corrected chi connectivity index (χ1v) is 8.41. The van der Waals surface area contributed by atoms with Crippen LogP contribution >= 0.6 is 12.4 Å². The Morgan fingerprint density at radius 1 is 1.15 bits per heavy atom. The Morgan fingerprint density at radius 3 is 2.44 bits per heavy atom. The van der Waals surface area contributed by atoms with Crippen molar-refractivity contribution in [3.05, 3.63) is 75.8 Å². The Kier molecular flexibility index (Phi) is 6.90. The standard InChI is InChI=1S/C19H20N4O3.ClH/c20-19(21-12-14-4-2-1-3-5-14)17-10-11-18(24)22(17)13-15-6-8-16(9-7-15)23(25)26;/h1-9,17H,10-13H2,(H2,20,21);1H/t17-;/m0./s1. The lowest BCUT2D eigenvalue weighted by molar-refractivity contribution is -0.384. The topological polar surface area (TPSA) is 102 Å². The van der Waals surface area contributed by atoms with Crippen molar-refractivity contribution in [3.63, 3.8) is 0 Å². The second-order valence-electron chi connectivity index (χ2n) is 6.23. The minimum atomic E-state index is -0.443. The molecule has 1 fully saturated rings. The molecule has 2 aromatic carbocycles. The number of aliphatic imine (C=N–C) groups is 1. The van der Waals surface area contributed by atoms with Gasteiger partial charge in [-0.05, 0) is 17.5 Å². The summed E-state index contributed by atoms with van der Waals surface area (Å²) in [6, 6.07) is 15.8. The van der Waals surface area contributed by atoms with Gasteiger partial charge in [0.1, 0.15) is 5.84 Å². The van der Waals surface area contributed by atoms with Crippen LogP contribution in [0.25, 0.3) is 0 Å². The predicted molar refractivity (Wildman–Crippen MR) is 106 cm³/mol. The monoisotopic (exact) mass is 388 g/mol. The number of rotatable bonds is 6. The molecular formula is C19H21ClN4O3. The van der Waals surface area contributed by atoms with Gasteiger partial charge in [0.15, 0.2) is 0 Å². The van der Waals surface area contributed by atoms with E-state index in [4.69, 9.17) is 5.73 Å². The summed E-state index contributed by atoms with van der Waals surface area (Å²) < 4.78 is 0. The van der Waals surface area contributed by atoms with Gasteiger partial charge in [-0.3, -0.25) is 19.9 Å². The van der Waals surface area contributed by atoms with E-state index in [-0.39, 0.29) is 30.0 Å². The SMILES string of the molecule is Cl.NC(=NCc1ccccc1)[C@@H]1CCC(=O)N1Cc1ccc([N+](=O)[O-])cc1. The first kappa shape index (κ1) is 20.4. The minimum absolute atomic E-state index is 0. The van der Waals surface area contributed by atoms with Gasteiger partial charge < -0.3 is 10.6 Å². The van der Waals surface area contributed by atoms with Crippen molar-refractivity contribution in [2.24, 2.45) is 10.7 Å². The number of nitro benzene ring substituents is 1. The van der Waals surface area contributed by atoms with E-state index in [1.54, 1.807) is 17.0 Å². The molecule has 0 aliphatic carbocycles. The number of nitrogens with two attached hydrogens (primary N) is 1. The molecule has 1 heterocycles. The van der Waals surface area contributed by atoms with Crippen molar-refractivity contribution >= 4 is 29.8 Å². The maximum Gasteiger partial charge on any atom is 0.269 e. The number of amides is 1. The van der Waals surface area contributed by atoms with Crippen molar-refractivity contribution in [1.82, 2.24) is 4.90 Å². The van der Waals surface area contributed by atoms with Crippen molar-refractivity contribution < 1.29 is 9.72 Å². The summed E-state index contributed by atoms with van der Waals surface area (Å²) in [5, 5.41) is 10.7. The molecule has 0 saturated carbocycles. The average molecular weight is 389 g/mol. The van der Waals surface area contributed by atoms with Gasteiger partial charge in [0.25, 0.3) is 5.69 Å². The fourth-order valence-corrected chi connectivity index (χ4v) is 3.03. The van der Waals surface area contributed by atoms with Crippen molar-refractivity contribution in [2.45, 2.75) is 32.0 Å². The Balaban J connectivity index is 0.00000261. The van der Waals surface area contributed by atoms with Crippen LogP contribution in [0.15, 0.2) is 59.6 Å². The van der Waals surface area contributed by atoms with E-state index in [2.05, 4.69) is 4.99 Å². The first-order chi connectivity index (χ1) is 12.5. The number of carbonyl (C=O) groups is 1. The molecule has 0 spiro atoms. The van der Waals surface area contributed by atoms with Crippen molar-refractivity contribution in [3.8, 4) is 0 Å². The molecule has 1 amide bonds. The molecule has 8 heteroatoms. The number of nitro groups is 1. The molecular weight excluding hydrogens is 368 g/mol. The predicted octanol–water partition coefficient (Wildman–Crippen LogP) is 3.07. The summed E-state index contributed by atoms with van der Waals surface area (Å²) in [4.78, 5) is 28.7. The number of hydrogen-bond donors (Lipinski definition) is 1. The lowest BCUT2D eigenvalue weighted by Crippen LogP contribution is -2.42. The third-order valence-electron chi connectivity index (χ3n) is 4.46. The van der Waals surface area contributed by atoms with Gasteiger partial charge in [0.05, 0.1) is 17.5 Å². The third kappa shape index (κ3) is 5.04. The van der Waals surface area contributed by atoms with E-state index >= 15 is 0 Å². The second kappa shape index (κ2) is 9.14. The highest BCUT2D eigenvalue weighted by Gasteiger charge is 2.33. The van der Waals surface area contributed by atoms with Crippen LogP contribution in [0.2, 0.25) is 0 Å². The Morgan fingerprint density at radius 2 is 1.81 bits per heavy atom. The van der Waals surface area contributed by atoms with Crippen LogP contribution in [-0.2, 0) is 17.9 Å². The largest absolute Gasteiger partial charge is 0.386 e. The highest BCUT2D eigenvalue weighted by atomic mass is 35.5. The molecule has 27 heavy (non-hydrogen) atoms. The molecule has 0 bridgehead atoms. The first-order valence-electron chi connectivity index (χ1n) is 8.41. The zero-order chi connectivity index (χ0) is 18.5. The van der Waals surface area contributed by atoms with Crippen LogP contribution in [0.5, 0.6) is 0 Å². The van der Waals surface area contributed by atoms with E-state index < -0.39 is 4.92 Å². The molecule has 0 aromatic heterocycles. The number of hydrogen-bond acceptors (Lipinski definition) is 4. The molecule has 0 radical (unpaired) electrons. The number of non-ortho nitro benzene ring substituents is 1. The quantitative estimate of drug-likeness (QED) is 0.355. The highest BCUT2D eigenvalue weighted by Crippen LogP contribution is 2.23. The zero-order valence-electron chi connectivity index (χ0n) is 14.7. The Labute approximate surface area is 163 Å². The van der Waals surface area contributed by atoms with Gasteiger partial charge in [0.2, 0.25) is 5.91 Å². The maximum absolute atomic E-state index is 12.3. The lowest BCUT2D eigenvalue weighted by Gasteiger charge is -2.24. The molecule has 1 saturated heterocycles. The zero-order valence-corrected chi connectivity index (χ0v) is 15.5. The summed E-state index contributed by atoms with van der Waals surface area (Å²) >= 11 is 0. The van der Waals surface area contributed by atoms with E-state index in [1.807, 2.05) is 30.3 Å². The number of benzene rings is 2. The summed E-state index contributed by atoms with van der Waals surface area (Å²) in [6.45, 7) is 0.839. The van der Waals surface area contributed by atoms with E-state index in [0.717, 1.165) is 11.1 Å². The third-order valence-corrected chi connectivity index (χ3v) is 4.46. The van der Waals surface area contributed by atoms with Crippen LogP contribution in [-0.4, -0.2) is 27.6 Å². The fraction of sp³-hybridized carbons (Fsp3) is 0.263. The smallest absolute Gasteiger partial charge is 0.269 e. The molecule has 1 aliphatic rings.